The SMILES string of the molecule is Cc1ccc(-c2[nH]ncc2CN2CC[C@@H](O)C2)cc1. The zero-order chi connectivity index (χ0) is 13.2. The molecular formula is C15H19N3O. The molecule has 1 aromatic carbocycles. The third kappa shape index (κ3) is 2.69. The van der Waals surface area contributed by atoms with E-state index in [-0.39, 0.29) is 6.10 Å². The maximum absolute atomic E-state index is 9.58. The minimum absolute atomic E-state index is 0.172. The van der Waals surface area contributed by atoms with Crippen LogP contribution in [0.2, 0.25) is 0 Å². The van der Waals surface area contributed by atoms with Crippen molar-refractivity contribution < 1.29 is 5.11 Å². The molecule has 4 nitrogen and oxygen atoms in total. The Morgan fingerprint density at radius 1 is 1.37 bits per heavy atom. The lowest BCUT2D eigenvalue weighted by Crippen LogP contribution is -2.21. The fourth-order valence-electron chi connectivity index (χ4n) is 2.60. The zero-order valence-electron chi connectivity index (χ0n) is 11.1. The van der Waals surface area contributed by atoms with Crippen LogP contribution in [0, 0.1) is 6.92 Å². The first-order valence-corrected chi connectivity index (χ1v) is 6.72. The molecule has 1 aliphatic heterocycles. The van der Waals surface area contributed by atoms with Gasteiger partial charge in [0.1, 0.15) is 0 Å². The lowest BCUT2D eigenvalue weighted by Gasteiger charge is -2.14. The number of benzene rings is 1. The average Bonchev–Trinajstić information content (AvgIpc) is 3.00. The van der Waals surface area contributed by atoms with Crippen molar-refractivity contribution in [1.29, 1.82) is 0 Å². The number of H-pyrrole nitrogens is 1. The van der Waals surface area contributed by atoms with Crippen molar-refractivity contribution in [2.75, 3.05) is 13.1 Å². The number of hydrogen-bond acceptors (Lipinski definition) is 3. The summed E-state index contributed by atoms with van der Waals surface area (Å²) in [6.45, 7) is 4.65. The molecule has 2 aromatic rings. The average molecular weight is 257 g/mol. The summed E-state index contributed by atoms with van der Waals surface area (Å²) in [5, 5.41) is 16.8. The second kappa shape index (κ2) is 5.15. The smallest absolute Gasteiger partial charge is 0.0695 e. The highest BCUT2D eigenvalue weighted by Crippen LogP contribution is 2.23. The Bertz CT molecular complexity index is 547. The summed E-state index contributed by atoms with van der Waals surface area (Å²) in [4.78, 5) is 2.27. The normalized spacial score (nSPS) is 20.0. The number of likely N-dealkylation sites (tertiary alicyclic amines) is 1. The van der Waals surface area contributed by atoms with Crippen molar-refractivity contribution in [3.05, 3.63) is 41.6 Å². The summed E-state index contributed by atoms with van der Waals surface area (Å²) in [6, 6.07) is 8.45. The monoisotopic (exact) mass is 257 g/mol. The summed E-state index contributed by atoms with van der Waals surface area (Å²) >= 11 is 0. The van der Waals surface area contributed by atoms with Crippen molar-refractivity contribution in [1.82, 2.24) is 15.1 Å². The molecule has 2 heterocycles. The number of hydrogen-bond donors (Lipinski definition) is 2. The number of aliphatic hydroxyl groups excluding tert-OH is 1. The minimum Gasteiger partial charge on any atom is -0.392 e. The second-order valence-corrected chi connectivity index (χ2v) is 5.31. The molecule has 1 saturated heterocycles. The number of aromatic amines is 1. The van der Waals surface area contributed by atoms with Gasteiger partial charge in [-0.2, -0.15) is 5.10 Å². The summed E-state index contributed by atoms with van der Waals surface area (Å²) < 4.78 is 0. The molecule has 100 valence electrons. The third-order valence-electron chi connectivity index (χ3n) is 3.70. The van der Waals surface area contributed by atoms with Crippen LogP contribution in [0.5, 0.6) is 0 Å². The van der Waals surface area contributed by atoms with E-state index in [0.717, 1.165) is 37.3 Å². The molecule has 19 heavy (non-hydrogen) atoms. The molecule has 1 atom stereocenters. The van der Waals surface area contributed by atoms with Gasteiger partial charge in [0.05, 0.1) is 18.0 Å². The molecule has 1 aromatic heterocycles. The van der Waals surface area contributed by atoms with E-state index in [4.69, 9.17) is 0 Å². The number of β-amino-alcohol motifs (C(OH)–C–C–N with tert-alkyl or cyclic N) is 1. The number of aryl methyl sites for hydroxylation is 1. The largest absolute Gasteiger partial charge is 0.392 e. The molecule has 2 N–H and O–H groups in total. The lowest BCUT2D eigenvalue weighted by molar-refractivity contribution is 0.175. The highest BCUT2D eigenvalue weighted by molar-refractivity contribution is 5.62. The first-order chi connectivity index (χ1) is 9.22. The molecule has 0 radical (unpaired) electrons. The van der Waals surface area contributed by atoms with Gasteiger partial charge in [-0.05, 0) is 18.9 Å². The van der Waals surface area contributed by atoms with E-state index < -0.39 is 0 Å². The third-order valence-corrected chi connectivity index (χ3v) is 3.70. The molecule has 1 fully saturated rings. The maximum atomic E-state index is 9.58. The van der Waals surface area contributed by atoms with E-state index in [1.54, 1.807) is 0 Å². The fraction of sp³-hybridized carbons (Fsp3) is 0.400. The highest BCUT2D eigenvalue weighted by atomic mass is 16.3. The van der Waals surface area contributed by atoms with Crippen molar-refractivity contribution in [2.45, 2.75) is 26.0 Å². The van der Waals surface area contributed by atoms with E-state index in [0.29, 0.717) is 0 Å². The van der Waals surface area contributed by atoms with Crippen LogP contribution in [0.1, 0.15) is 17.5 Å². The van der Waals surface area contributed by atoms with Crippen LogP contribution in [-0.4, -0.2) is 39.4 Å². The second-order valence-electron chi connectivity index (χ2n) is 5.31. The van der Waals surface area contributed by atoms with Crippen LogP contribution in [0.4, 0.5) is 0 Å². The lowest BCUT2D eigenvalue weighted by atomic mass is 10.1. The summed E-state index contributed by atoms with van der Waals surface area (Å²) in [5.41, 5.74) is 4.70. The van der Waals surface area contributed by atoms with E-state index >= 15 is 0 Å². The number of nitrogens with one attached hydrogen (secondary N) is 1. The Labute approximate surface area is 113 Å². The van der Waals surface area contributed by atoms with Gasteiger partial charge in [-0.15, -0.1) is 0 Å². The van der Waals surface area contributed by atoms with Crippen LogP contribution in [0.25, 0.3) is 11.3 Å². The topological polar surface area (TPSA) is 52.2 Å². The van der Waals surface area contributed by atoms with Crippen LogP contribution < -0.4 is 0 Å². The molecule has 0 spiro atoms. The van der Waals surface area contributed by atoms with Gasteiger partial charge in [-0.3, -0.25) is 10.00 Å². The van der Waals surface area contributed by atoms with Gasteiger partial charge in [-0.1, -0.05) is 29.8 Å². The number of aromatic nitrogens is 2. The minimum atomic E-state index is -0.172. The van der Waals surface area contributed by atoms with Crippen LogP contribution in [-0.2, 0) is 6.54 Å². The van der Waals surface area contributed by atoms with E-state index in [1.165, 1.54) is 11.1 Å². The first kappa shape index (κ1) is 12.4. The van der Waals surface area contributed by atoms with Crippen LogP contribution >= 0.6 is 0 Å². The van der Waals surface area contributed by atoms with Gasteiger partial charge in [0.2, 0.25) is 0 Å². The number of aliphatic hydroxyl groups is 1. The predicted molar refractivity (Wildman–Crippen MR) is 74.7 cm³/mol. The molecule has 0 bridgehead atoms. The molecule has 1 aliphatic rings. The Morgan fingerprint density at radius 2 is 2.16 bits per heavy atom. The van der Waals surface area contributed by atoms with Crippen molar-refractivity contribution >= 4 is 0 Å². The Balaban J connectivity index is 1.80. The predicted octanol–water partition coefficient (Wildman–Crippen LogP) is 1.95. The molecule has 3 rings (SSSR count). The van der Waals surface area contributed by atoms with Crippen molar-refractivity contribution in [3.63, 3.8) is 0 Å². The van der Waals surface area contributed by atoms with Gasteiger partial charge < -0.3 is 5.11 Å². The summed E-state index contributed by atoms with van der Waals surface area (Å²) in [6.07, 6.45) is 2.59. The van der Waals surface area contributed by atoms with Gasteiger partial charge in [0, 0.05) is 25.2 Å². The molecule has 0 aliphatic carbocycles. The summed E-state index contributed by atoms with van der Waals surface area (Å²) in [5.74, 6) is 0. The highest BCUT2D eigenvalue weighted by Gasteiger charge is 2.21. The van der Waals surface area contributed by atoms with E-state index in [1.807, 2.05) is 6.20 Å². The number of rotatable bonds is 3. The van der Waals surface area contributed by atoms with E-state index in [9.17, 15) is 5.11 Å². The summed E-state index contributed by atoms with van der Waals surface area (Å²) in [7, 11) is 0. The molecular weight excluding hydrogens is 238 g/mol. The Kier molecular flexibility index (Phi) is 3.36. The van der Waals surface area contributed by atoms with Gasteiger partial charge >= 0.3 is 0 Å². The van der Waals surface area contributed by atoms with Crippen LogP contribution in [0.15, 0.2) is 30.5 Å². The number of nitrogens with zero attached hydrogens (tertiary/aromatic N) is 2. The van der Waals surface area contributed by atoms with Crippen molar-refractivity contribution in [2.24, 2.45) is 0 Å². The quantitative estimate of drug-likeness (QED) is 0.883. The van der Waals surface area contributed by atoms with Crippen molar-refractivity contribution in [3.8, 4) is 11.3 Å². The van der Waals surface area contributed by atoms with Gasteiger partial charge in [-0.25, -0.2) is 0 Å². The maximum Gasteiger partial charge on any atom is 0.0695 e. The molecule has 0 amide bonds. The van der Waals surface area contributed by atoms with Gasteiger partial charge in [0.25, 0.3) is 0 Å². The van der Waals surface area contributed by atoms with Gasteiger partial charge in [0.15, 0.2) is 0 Å². The Morgan fingerprint density at radius 3 is 2.84 bits per heavy atom. The zero-order valence-corrected chi connectivity index (χ0v) is 11.1. The van der Waals surface area contributed by atoms with E-state index in [2.05, 4.69) is 46.3 Å². The molecule has 0 saturated carbocycles. The molecule has 4 heteroatoms. The van der Waals surface area contributed by atoms with Crippen LogP contribution in [0.3, 0.4) is 0 Å². The molecule has 0 unspecified atom stereocenters. The first-order valence-electron chi connectivity index (χ1n) is 6.72. The standard InChI is InChI=1S/C15H19N3O/c1-11-2-4-12(5-3-11)15-13(8-16-17-15)9-18-7-6-14(19)10-18/h2-5,8,14,19H,6-7,9-10H2,1H3,(H,16,17)/t14-/m1/s1. The fourth-order valence-corrected chi connectivity index (χ4v) is 2.60. The Hall–Kier alpha value is -1.65.